The Morgan fingerprint density at radius 3 is 1.94 bits per heavy atom. The van der Waals surface area contributed by atoms with Gasteiger partial charge in [-0.2, -0.15) is 31.1 Å². The van der Waals surface area contributed by atoms with Gasteiger partial charge in [-0.05, 0) is 39.0 Å². The van der Waals surface area contributed by atoms with Crippen LogP contribution in [-0.2, 0) is 39.1 Å². The molecule has 0 saturated heterocycles. The number of hydrogen-bond acceptors (Lipinski definition) is 8. The van der Waals surface area contributed by atoms with E-state index >= 15 is 0 Å². The second-order valence-corrected chi connectivity index (χ2v) is 11.9. The number of halogens is 6. The van der Waals surface area contributed by atoms with Gasteiger partial charge in [0.25, 0.3) is 0 Å². The fraction of sp³-hybridized carbons (Fsp3) is 0.889. The Bertz CT molecular complexity index is 1030. The minimum atomic E-state index is -5.99. The van der Waals surface area contributed by atoms with Gasteiger partial charge in [0.1, 0.15) is 0 Å². The summed E-state index contributed by atoms with van der Waals surface area (Å²) in [5.74, 6) is -4.23. The lowest BCUT2D eigenvalue weighted by Crippen LogP contribution is -2.63. The maximum Gasteiger partial charge on any atom is 0.511 e. The summed E-state index contributed by atoms with van der Waals surface area (Å²) >= 11 is 0. The fourth-order valence-electron chi connectivity index (χ4n) is 4.29. The van der Waals surface area contributed by atoms with E-state index in [1.807, 2.05) is 0 Å². The van der Waals surface area contributed by atoms with Crippen molar-refractivity contribution >= 4 is 32.0 Å². The molecule has 0 aromatic carbocycles. The molecule has 0 spiro atoms. The van der Waals surface area contributed by atoms with Gasteiger partial charge in [-0.3, -0.25) is 4.79 Å². The van der Waals surface area contributed by atoms with Crippen molar-refractivity contribution in [2.75, 3.05) is 6.61 Å². The van der Waals surface area contributed by atoms with E-state index in [4.69, 9.17) is 9.47 Å². The summed E-state index contributed by atoms with van der Waals surface area (Å²) in [5.41, 5.74) is -14.0. The van der Waals surface area contributed by atoms with Crippen molar-refractivity contribution in [2.24, 2.45) is 5.92 Å². The van der Waals surface area contributed by atoms with Crippen LogP contribution in [0.15, 0.2) is 0 Å². The molecular weight excluding hydrogens is 550 g/mol. The summed E-state index contributed by atoms with van der Waals surface area (Å²) in [5, 5.41) is 0. The van der Waals surface area contributed by atoms with Crippen molar-refractivity contribution in [3.05, 3.63) is 0 Å². The average molecular weight is 577 g/mol. The Kier molecular flexibility index (Phi) is 9.33. The molecule has 0 aromatic rings. The Labute approximate surface area is 203 Å². The molecule has 4 unspecified atom stereocenters. The highest BCUT2D eigenvalue weighted by Crippen LogP contribution is 2.38. The van der Waals surface area contributed by atoms with Crippen LogP contribution < -0.4 is 9.44 Å². The maximum atomic E-state index is 13.1. The first-order chi connectivity index (χ1) is 16.4. The smallest absolute Gasteiger partial charge is 0.463 e. The van der Waals surface area contributed by atoms with Crippen LogP contribution in [0, 0.1) is 5.92 Å². The van der Waals surface area contributed by atoms with Crippen LogP contribution in [0.1, 0.15) is 58.3 Å². The number of alkyl halides is 6. The Morgan fingerprint density at radius 1 is 0.861 bits per heavy atom. The number of nitrogens with one attached hydrogen (secondary N) is 2. The first kappa shape index (κ1) is 30.6. The number of hydrogen-bond donors (Lipinski definition) is 2. The SMILES string of the molecule is CCOC(=O)C1(OC(=O)C2CCCCC2NS(=O)(=O)C(F)(F)F)CCCCC1NS(=O)(=O)C(F)(F)F. The van der Waals surface area contributed by atoms with Crippen LogP contribution in [0.5, 0.6) is 0 Å². The van der Waals surface area contributed by atoms with Crippen molar-refractivity contribution in [1.82, 2.24) is 9.44 Å². The summed E-state index contributed by atoms with van der Waals surface area (Å²) in [6, 6.07) is -3.47. The van der Waals surface area contributed by atoms with Crippen molar-refractivity contribution in [1.29, 1.82) is 0 Å². The van der Waals surface area contributed by atoms with E-state index in [9.17, 15) is 52.8 Å². The molecule has 18 heteroatoms. The summed E-state index contributed by atoms with van der Waals surface area (Å²) in [6.07, 6.45) is -0.323. The lowest BCUT2D eigenvalue weighted by Gasteiger charge is -2.42. The monoisotopic (exact) mass is 576 g/mol. The second kappa shape index (κ2) is 11.0. The van der Waals surface area contributed by atoms with E-state index in [1.165, 1.54) is 16.4 Å². The largest absolute Gasteiger partial charge is 0.511 e. The van der Waals surface area contributed by atoms with Gasteiger partial charge < -0.3 is 9.47 Å². The molecule has 0 aromatic heterocycles. The van der Waals surface area contributed by atoms with Crippen molar-refractivity contribution in [2.45, 2.75) is 87.0 Å². The first-order valence-corrected chi connectivity index (χ1v) is 13.9. The molecule has 10 nitrogen and oxygen atoms in total. The highest BCUT2D eigenvalue weighted by atomic mass is 32.2. The number of esters is 2. The molecule has 0 heterocycles. The first-order valence-electron chi connectivity index (χ1n) is 10.9. The molecule has 0 bridgehead atoms. The molecule has 2 aliphatic carbocycles. The molecule has 2 saturated carbocycles. The number of rotatable bonds is 8. The van der Waals surface area contributed by atoms with Gasteiger partial charge in [0.15, 0.2) is 0 Å². The van der Waals surface area contributed by atoms with E-state index in [0.717, 1.165) is 0 Å². The zero-order valence-electron chi connectivity index (χ0n) is 18.9. The van der Waals surface area contributed by atoms with E-state index in [2.05, 4.69) is 0 Å². The molecule has 0 radical (unpaired) electrons. The van der Waals surface area contributed by atoms with E-state index < -0.39 is 73.0 Å². The van der Waals surface area contributed by atoms with Crippen LogP contribution in [0.3, 0.4) is 0 Å². The summed E-state index contributed by atoms with van der Waals surface area (Å²) < 4.78 is 137. The van der Waals surface area contributed by atoms with Crippen molar-refractivity contribution in [3.63, 3.8) is 0 Å². The molecule has 0 aliphatic heterocycles. The number of carbonyl (C=O) groups is 2. The third-order valence-electron chi connectivity index (χ3n) is 6.04. The molecular formula is C18H26F6N2O8S2. The van der Waals surface area contributed by atoms with Crippen molar-refractivity contribution in [3.8, 4) is 0 Å². The quantitative estimate of drug-likeness (QED) is 0.331. The van der Waals surface area contributed by atoms with Gasteiger partial charge in [0, 0.05) is 6.04 Å². The van der Waals surface area contributed by atoms with E-state index in [1.54, 1.807) is 0 Å². The molecule has 210 valence electrons. The van der Waals surface area contributed by atoms with E-state index in [0.29, 0.717) is 0 Å². The molecule has 2 fully saturated rings. The molecule has 2 rings (SSSR count). The normalized spacial score (nSPS) is 28.4. The highest BCUT2D eigenvalue weighted by molar-refractivity contribution is 7.90. The third-order valence-corrected chi connectivity index (χ3v) is 8.47. The van der Waals surface area contributed by atoms with Gasteiger partial charge in [-0.25, -0.2) is 26.4 Å². The fourth-order valence-corrected chi connectivity index (χ4v) is 5.92. The van der Waals surface area contributed by atoms with Gasteiger partial charge in [-0.1, -0.05) is 19.3 Å². The van der Waals surface area contributed by atoms with Gasteiger partial charge in [0.2, 0.25) is 5.60 Å². The van der Waals surface area contributed by atoms with Crippen LogP contribution in [0.4, 0.5) is 26.3 Å². The highest BCUT2D eigenvalue weighted by Gasteiger charge is 2.58. The van der Waals surface area contributed by atoms with Crippen molar-refractivity contribution < 1.29 is 62.2 Å². The Balaban J connectivity index is 2.42. The van der Waals surface area contributed by atoms with Gasteiger partial charge >= 0.3 is 43.0 Å². The molecule has 0 amide bonds. The lowest BCUT2D eigenvalue weighted by molar-refractivity contribution is -0.193. The molecule has 2 aliphatic rings. The molecule has 36 heavy (non-hydrogen) atoms. The lowest BCUT2D eigenvalue weighted by atomic mass is 9.79. The Hall–Kier alpha value is -1.66. The Morgan fingerprint density at radius 2 is 1.39 bits per heavy atom. The van der Waals surface area contributed by atoms with E-state index in [-0.39, 0.29) is 51.6 Å². The topological polar surface area (TPSA) is 145 Å². The maximum absolute atomic E-state index is 13.1. The number of sulfonamides is 2. The molecule has 4 atom stereocenters. The predicted octanol–water partition coefficient (Wildman–Crippen LogP) is 2.21. The summed E-state index contributed by atoms with van der Waals surface area (Å²) in [7, 11) is -11.8. The summed E-state index contributed by atoms with van der Waals surface area (Å²) in [6.45, 7) is 1.03. The number of ether oxygens (including phenoxy) is 2. The van der Waals surface area contributed by atoms with Gasteiger partial charge in [-0.15, -0.1) is 0 Å². The minimum Gasteiger partial charge on any atom is -0.463 e. The second-order valence-electron chi connectivity index (χ2n) is 8.46. The predicted molar refractivity (Wildman–Crippen MR) is 110 cm³/mol. The van der Waals surface area contributed by atoms with Crippen LogP contribution in [0.25, 0.3) is 0 Å². The summed E-state index contributed by atoms with van der Waals surface area (Å²) in [4.78, 5) is 25.9. The van der Waals surface area contributed by atoms with Crippen LogP contribution in [-0.4, -0.2) is 64.1 Å². The molecule has 2 N–H and O–H groups in total. The zero-order chi connectivity index (χ0) is 27.6. The van der Waals surface area contributed by atoms with Gasteiger partial charge in [0.05, 0.1) is 18.6 Å². The average Bonchev–Trinajstić information content (AvgIpc) is 2.73. The standard InChI is InChI=1S/C18H26F6N2O8S2/c1-2-33-15(28)16(10-6-5-9-13(16)26-36(31,32)18(22,23)24)34-14(27)11-7-3-4-8-12(11)25-35(29,30)17(19,20)21/h11-13,25-26H,2-10H2,1H3. The van der Waals surface area contributed by atoms with Crippen LogP contribution in [0.2, 0.25) is 0 Å². The minimum absolute atomic E-state index is 0.116. The van der Waals surface area contributed by atoms with Crippen LogP contribution >= 0.6 is 0 Å². The third kappa shape index (κ3) is 6.61. The zero-order valence-corrected chi connectivity index (χ0v) is 20.6. The number of carbonyl (C=O) groups excluding carboxylic acids is 2.